The second-order valence-electron chi connectivity index (χ2n) is 17.1. The third-order valence-electron chi connectivity index (χ3n) is 12.3. The van der Waals surface area contributed by atoms with E-state index >= 15 is 0 Å². The van der Waals surface area contributed by atoms with E-state index in [9.17, 15) is 24.3 Å². The molecular weight excluding hydrogens is 847 g/mol. The van der Waals surface area contributed by atoms with E-state index in [-0.39, 0.29) is 67.1 Å². The number of carbonyl (C=O) groups excluding carboxylic acids is 1. The van der Waals surface area contributed by atoms with Crippen LogP contribution in [0.15, 0.2) is 59.3 Å². The summed E-state index contributed by atoms with van der Waals surface area (Å²) >= 11 is -1.86. The van der Waals surface area contributed by atoms with Crippen molar-refractivity contribution in [3.05, 3.63) is 59.3 Å². The van der Waals surface area contributed by atoms with Gasteiger partial charge < -0.3 is 53.6 Å². The first-order chi connectivity index (χ1) is 30.6. The summed E-state index contributed by atoms with van der Waals surface area (Å²) in [5.41, 5.74) is 3.59. The zero-order valence-electron chi connectivity index (χ0n) is 40.1. The smallest absolute Gasteiger partial charge is 0.293 e. The number of allylic oxidation sites excluding steroid dienone is 5. The molecule has 13 unspecified atom stereocenters. The van der Waals surface area contributed by atoms with E-state index in [1.54, 1.807) is 14.0 Å². The van der Waals surface area contributed by atoms with Crippen LogP contribution in [0.2, 0.25) is 0 Å². The number of fused-ring (bicyclic) bond motifs is 1. The summed E-state index contributed by atoms with van der Waals surface area (Å²) in [5, 5.41) is 43.9. The maximum Gasteiger partial charge on any atom is 0.293 e. The van der Waals surface area contributed by atoms with Gasteiger partial charge in [-0.3, -0.25) is 8.98 Å². The second-order valence-corrected chi connectivity index (χ2v) is 17.8. The number of hydrogen-bond acceptors (Lipinski definition) is 14. The molecule has 5 rings (SSSR count). The van der Waals surface area contributed by atoms with E-state index < -0.39 is 42.2 Å². The topological polar surface area (TPSA) is 215 Å². The molecule has 5 aliphatic rings. The molecule has 0 aromatic heterocycles. The maximum atomic E-state index is 11.0. The molecule has 0 aromatic carbocycles. The first kappa shape index (κ1) is 58.0. The Kier molecular flexibility index (Phi) is 28.8. The van der Waals surface area contributed by atoms with E-state index in [0.29, 0.717) is 38.8 Å². The van der Waals surface area contributed by atoms with E-state index in [1.807, 2.05) is 39.8 Å². The molecule has 0 radical (unpaired) electrons. The number of nitrogens with two attached hydrogens (primary N) is 1. The van der Waals surface area contributed by atoms with Gasteiger partial charge in [0.15, 0.2) is 12.6 Å². The van der Waals surface area contributed by atoms with Crippen molar-refractivity contribution in [3.63, 3.8) is 0 Å². The molecular formula is C48H83NO14S. The quantitative estimate of drug-likeness (QED) is 0.0795. The van der Waals surface area contributed by atoms with Crippen LogP contribution >= 0.6 is 0 Å². The lowest BCUT2D eigenvalue weighted by Gasteiger charge is -2.36. The lowest BCUT2D eigenvalue weighted by Crippen LogP contribution is -2.49. The van der Waals surface area contributed by atoms with E-state index in [2.05, 4.69) is 51.2 Å². The lowest BCUT2D eigenvalue weighted by atomic mass is 9.82. The van der Waals surface area contributed by atoms with Gasteiger partial charge >= 0.3 is 0 Å². The molecule has 0 aromatic rings. The second kappa shape index (κ2) is 31.7. The van der Waals surface area contributed by atoms with Gasteiger partial charge in [-0.05, 0) is 83.3 Å². The van der Waals surface area contributed by atoms with Gasteiger partial charge in [-0.2, -0.15) is 0 Å². The average Bonchev–Trinajstić information content (AvgIpc) is 3.68. The fraction of sp³-hybridized carbons (Fsp3) is 0.771. The van der Waals surface area contributed by atoms with Crippen LogP contribution in [0.1, 0.15) is 126 Å². The van der Waals surface area contributed by atoms with Gasteiger partial charge in [0, 0.05) is 45.8 Å². The Labute approximate surface area is 386 Å². The summed E-state index contributed by atoms with van der Waals surface area (Å²) in [7, 11) is 3.15. The van der Waals surface area contributed by atoms with Crippen LogP contribution in [0.5, 0.6) is 0 Å². The summed E-state index contributed by atoms with van der Waals surface area (Å²) in [6.45, 7) is 17.0. The Hall–Kier alpha value is -2.16. The highest BCUT2D eigenvalue weighted by molar-refractivity contribution is 7.77. The predicted molar refractivity (Wildman–Crippen MR) is 248 cm³/mol. The van der Waals surface area contributed by atoms with Gasteiger partial charge in [-0.25, -0.2) is 9.35 Å². The van der Waals surface area contributed by atoms with Crippen LogP contribution in [0.4, 0.5) is 0 Å². The fourth-order valence-electron chi connectivity index (χ4n) is 8.23. The Morgan fingerprint density at radius 1 is 1.00 bits per heavy atom. The summed E-state index contributed by atoms with van der Waals surface area (Å²) in [6, 6.07) is 0. The van der Waals surface area contributed by atoms with Crippen molar-refractivity contribution in [2.24, 2.45) is 17.0 Å². The molecule has 16 atom stereocenters. The van der Waals surface area contributed by atoms with E-state index in [1.165, 1.54) is 18.3 Å². The molecule has 6 N–H and O–H groups in total. The van der Waals surface area contributed by atoms with Gasteiger partial charge in [-0.1, -0.05) is 82.2 Å². The first-order valence-electron chi connectivity index (χ1n) is 23.2. The molecule has 4 saturated heterocycles. The van der Waals surface area contributed by atoms with Crippen molar-refractivity contribution in [2.75, 3.05) is 20.8 Å². The molecule has 370 valence electrons. The molecule has 15 nitrogen and oxygen atoms in total. The predicted octanol–water partition coefficient (Wildman–Crippen LogP) is 6.35. The zero-order chi connectivity index (χ0) is 47.8. The van der Waals surface area contributed by atoms with Crippen LogP contribution < -0.4 is 5.14 Å². The average molecular weight is 930 g/mol. The Bertz CT molecular complexity index is 1480. The zero-order valence-corrected chi connectivity index (χ0v) is 40.9. The van der Waals surface area contributed by atoms with Crippen LogP contribution in [-0.4, -0.2) is 132 Å². The molecule has 1 aliphatic carbocycles. The van der Waals surface area contributed by atoms with Gasteiger partial charge in [0.05, 0.1) is 55.4 Å². The minimum Gasteiger partial charge on any atom is -0.464 e. The lowest BCUT2D eigenvalue weighted by molar-refractivity contribution is -0.224. The number of ether oxygens (including phenoxy) is 7. The minimum atomic E-state index is -1.86. The van der Waals surface area contributed by atoms with Crippen molar-refractivity contribution in [1.29, 1.82) is 0 Å². The number of carbonyl (C=O) groups is 1. The van der Waals surface area contributed by atoms with Crippen LogP contribution in [0, 0.1) is 11.8 Å². The summed E-state index contributed by atoms with van der Waals surface area (Å²) in [6.07, 6.45) is 19.4. The molecule has 0 spiro atoms. The van der Waals surface area contributed by atoms with Crippen molar-refractivity contribution in [2.45, 2.75) is 206 Å². The number of hydrogen-bond donors (Lipinski definition) is 5. The monoisotopic (exact) mass is 930 g/mol. The first-order valence-corrected chi connectivity index (χ1v) is 24.3. The number of methoxy groups -OCH3 is 2. The molecule has 0 amide bonds. The number of rotatable bonds is 17. The molecule has 0 bridgehead atoms. The van der Waals surface area contributed by atoms with Crippen molar-refractivity contribution >= 4 is 17.7 Å². The molecule has 4 aliphatic heterocycles. The van der Waals surface area contributed by atoms with E-state index in [0.717, 1.165) is 44.1 Å². The van der Waals surface area contributed by atoms with Crippen molar-refractivity contribution in [3.8, 4) is 0 Å². The summed E-state index contributed by atoms with van der Waals surface area (Å²) in [4.78, 5) is 11.0. The fourth-order valence-corrected chi connectivity index (χ4v) is 8.73. The Morgan fingerprint density at radius 3 is 2.36 bits per heavy atom. The third-order valence-corrected chi connectivity index (χ3v) is 12.7. The summed E-state index contributed by atoms with van der Waals surface area (Å²) in [5.74, 6) is 0.549. The summed E-state index contributed by atoms with van der Waals surface area (Å²) < 4.78 is 53.4. The normalized spacial score (nSPS) is 35.1. The highest BCUT2D eigenvalue weighted by Crippen LogP contribution is 2.37. The third kappa shape index (κ3) is 20.8. The van der Waals surface area contributed by atoms with Gasteiger partial charge in [-0.15, -0.1) is 0 Å². The number of aliphatic hydroxyl groups is 4. The molecule has 64 heavy (non-hydrogen) atoms. The van der Waals surface area contributed by atoms with E-state index in [4.69, 9.17) is 47.6 Å². The molecule has 0 saturated carbocycles. The van der Waals surface area contributed by atoms with Crippen LogP contribution in [0.25, 0.3) is 0 Å². The standard InChI is InChI=1S/C32H48O6.C7H15NO5S.C7H14O3.C2H6/c1-5-23(3)30(34)13-9-12-26-18-28(37-21-33)19-27(38-26)16-14-22(2)10-7-6-8-11-25-20-36-32-29(25)17-15-24(4)31(32)35;1-4-7(13-14(8)10)5(11-2)3-6(9)12-4;1-5-3-6(9-2)4-7(8)10-5;1-2/h6,8-9,11-12,14-15,21,23,26-32,34-35H,5,7,10,13,16-20H2,1-4H3;4-7,9H,3,8H2,1-2H3;5-8H,3-4H2,1-2H3;1-2H3/b8-6+,12-9-,22-14+,25-11+;;;/t;4?,5?,6-,7+,14?;5?,6?,7-;/m.11./s1. The van der Waals surface area contributed by atoms with Gasteiger partial charge in [0.25, 0.3) is 6.47 Å². The van der Waals surface area contributed by atoms with Crippen molar-refractivity contribution < 1.29 is 66.8 Å². The highest BCUT2D eigenvalue weighted by atomic mass is 32.2. The Balaban J connectivity index is 0.000000438. The highest BCUT2D eigenvalue weighted by Gasteiger charge is 2.40. The van der Waals surface area contributed by atoms with Crippen LogP contribution in [-0.2, 0) is 53.4 Å². The largest absolute Gasteiger partial charge is 0.464 e. The maximum absolute atomic E-state index is 11.0. The minimum absolute atomic E-state index is 0.00286. The molecule has 4 heterocycles. The SMILES string of the molecule is CC.CCC(C)C(O)C/C=C\C1CC(OC=O)CC(C/C=C(\C)CC/C=C/C=C2\COC3C(O)C(C)=CCC23)O1.COC1CC(C)O[C@@H](O)C1.COC1C[C@H](O)OC(C)[C@@H]1OS(N)=O. The van der Waals surface area contributed by atoms with Gasteiger partial charge in [0.2, 0.25) is 11.3 Å². The number of aliphatic hydroxyl groups excluding tert-OH is 4. The molecule has 4 fully saturated rings. The molecule has 16 heteroatoms. The van der Waals surface area contributed by atoms with Crippen LogP contribution in [0.3, 0.4) is 0 Å². The van der Waals surface area contributed by atoms with Gasteiger partial charge in [0.1, 0.15) is 18.3 Å². The Morgan fingerprint density at radius 2 is 1.72 bits per heavy atom. The van der Waals surface area contributed by atoms with Crippen molar-refractivity contribution in [1.82, 2.24) is 0 Å².